The Morgan fingerprint density at radius 2 is 2.42 bits per heavy atom. The average molecular weight is 168 g/mol. The topological polar surface area (TPSA) is 38.0 Å². The fraction of sp³-hybridized carbons (Fsp3) is 0.667. The van der Waals surface area contributed by atoms with Gasteiger partial charge in [-0.15, -0.1) is 0 Å². The van der Waals surface area contributed by atoms with Crippen LogP contribution in [-0.4, -0.2) is 20.8 Å². The summed E-state index contributed by atoms with van der Waals surface area (Å²) in [4.78, 5) is 3.94. The first-order valence-electron chi connectivity index (χ1n) is 4.46. The molecule has 1 atom stereocenters. The Labute approximate surface area is 73.1 Å². The lowest BCUT2D eigenvalue weighted by atomic mass is 10.1. The van der Waals surface area contributed by atoms with Gasteiger partial charge < -0.3 is 9.67 Å². The van der Waals surface area contributed by atoms with Crippen molar-refractivity contribution in [1.82, 2.24) is 9.55 Å². The summed E-state index contributed by atoms with van der Waals surface area (Å²) in [7, 11) is 0. The molecule has 0 aliphatic rings. The number of aliphatic hydroxyl groups excluding tert-OH is 1. The van der Waals surface area contributed by atoms with Crippen LogP contribution < -0.4 is 0 Å². The molecule has 3 heteroatoms. The molecule has 1 aromatic rings. The summed E-state index contributed by atoms with van der Waals surface area (Å²) < 4.78 is 2.03. The Hall–Kier alpha value is -0.830. The molecule has 0 aliphatic heterocycles. The Kier molecular flexibility index (Phi) is 3.80. The predicted molar refractivity (Wildman–Crippen MR) is 47.8 cm³/mol. The van der Waals surface area contributed by atoms with Crippen LogP contribution in [0.2, 0.25) is 0 Å². The molecule has 1 heterocycles. The SMILES string of the molecule is CCC(O)CCCn1ccnc1. The molecule has 0 aromatic carbocycles. The molecule has 68 valence electrons. The van der Waals surface area contributed by atoms with Crippen molar-refractivity contribution in [1.29, 1.82) is 0 Å². The molecule has 1 aromatic heterocycles. The highest BCUT2D eigenvalue weighted by atomic mass is 16.3. The van der Waals surface area contributed by atoms with Crippen LogP contribution in [0.5, 0.6) is 0 Å². The van der Waals surface area contributed by atoms with E-state index in [9.17, 15) is 5.11 Å². The smallest absolute Gasteiger partial charge is 0.0945 e. The third-order valence-electron chi connectivity index (χ3n) is 1.98. The van der Waals surface area contributed by atoms with Gasteiger partial charge in [-0.25, -0.2) is 4.98 Å². The maximum Gasteiger partial charge on any atom is 0.0945 e. The molecule has 1 N–H and O–H groups in total. The maximum absolute atomic E-state index is 9.26. The number of hydrogen-bond acceptors (Lipinski definition) is 2. The van der Waals surface area contributed by atoms with Crippen molar-refractivity contribution in [2.45, 2.75) is 38.8 Å². The van der Waals surface area contributed by atoms with Crippen LogP contribution >= 0.6 is 0 Å². The van der Waals surface area contributed by atoms with Gasteiger partial charge in [-0.05, 0) is 19.3 Å². The van der Waals surface area contributed by atoms with Gasteiger partial charge in [0.1, 0.15) is 0 Å². The third kappa shape index (κ3) is 3.05. The van der Waals surface area contributed by atoms with Crippen LogP contribution in [0.25, 0.3) is 0 Å². The molecular formula is C9H16N2O. The van der Waals surface area contributed by atoms with Gasteiger partial charge in [0.15, 0.2) is 0 Å². The van der Waals surface area contributed by atoms with Gasteiger partial charge in [-0.1, -0.05) is 6.92 Å². The Bertz CT molecular complexity index is 196. The number of nitrogens with zero attached hydrogens (tertiary/aromatic N) is 2. The summed E-state index contributed by atoms with van der Waals surface area (Å²) >= 11 is 0. The number of rotatable bonds is 5. The van der Waals surface area contributed by atoms with Crippen molar-refractivity contribution in [3.8, 4) is 0 Å². The highest BCUT2D eigenvalue weighted by Gasteiger charge is 1.99. The fourth-order valence-electron chi connectivity index (χ4n) is 1.13. The van der Waals surface area contributed by atoms with E-state index in [1.807, 2.05) is 17.7 Å². The first-order chi connectivity index (χ1) is 5.83. The van der Waals surface area contributed by atoms with E-state index in [0.717, 1.165) is 25.8 Å². The predicted octanol–water partition coefficient (Wildman–Crippen LogP) is 1.43. The van der Waals surface area contributed by atoms with Gasteiger partial charge in [0.2, 0.25) is 0 Å². The van der Waals surface area contributed by atoms with E-state index in [0.29, 0.717) is 0 Å². The molecule has 1 unspecified atom stereocenters. The summed E-state index contributed by atoms with van der Waals surface area (Å²) in [5, 5.41) is 9.26. The zero-order valence-corrected chi connectivity index (χ0v) is 7.48. The number of imidazole rings is 1. The average Bonchev–Trinajstić information content (AvgIpc) is 2.57. The lowest BCUT2D eigenvalue weighted by Gasteiger charge is -2.06. The lowest BCUT2D eigenvalue weighted by molar-refractivity contribution is 0.156. The number of aliphatic hydroxyl groups is 1. The standard InChI is InChI=1S/C9H16N2O/c1-2-9(12)4-3-6-11-7-5-10-8-11/h5,7-9,12H,2-4,6H2,1H3. The molecule has 0 amide bonds. The summed E-state index contributed by atoms with van der Waals surface area (Å²) in [6, 6.07) is 0. The highest BCUT2D eigenvalue weighted by Crippen LogP contribution is 2.02. The number of aryl methyl sites for hydroxylation is 1. The van der Waals surface area contributed by atoms with Gasteiger partial charge >= 0.3 is 0 Å². The van der Waals surface area contributed by atoms with Crippen molar-refractivity contribution < 1.29 is 5.11 Å². The highest BCUT2D eigenvalue weighted by molar-refractivity contribution is 4.73. The minimum atomic E-state index is -0.131. The Balaban J connectivity index is 2.11. The second kappa shape index (κ2) is 4.93. The molecular weight excluding hydrogens is 152 g/mol. The normalized spacial score (nSPS) is 13.2. The molecule has 0 fully saturated rings. The van der Waals surface area contributed by atoms with Crippen molar-refractivity contribution in [3.63, 3.8) is 0 Å². The van der Waals surface area contributed by atoms with E-state index in [1.165, 1.54) is 0 Å². The van der Waals surface area contributed by atoms with E-state index < -0.39 is 0 Å². The summed E-state index contributed by atoms with van der Waals surface area (Å²) in [5.74, 6) is 0. The molecule has 0 spiro atoms. The molecule has 0 saturated carbocycles. The van der Waals surface area contributed by atoms with Gasteiger partial charge in [0.05, 0.1) is 12.4 Å². The zero-order chi connectivity index (χ0) is 8.81. The Morgan fingerprint density at radius 3 is 3.00 bits per heavy atom. The molecule has 0 radical (unpaired) electrons. The quantitative estimate of drug-likeness (QED) is 0.722. The number of aromatic nitrogens is 2. The van der Waals surface area contributed by atoms with Crippen LogP contribution in [0.1, 0.15) is 26.2 Å². The summed E-state index contributed by atoms with van der Waals surface area (Å²) in [6.45, 7) is 2.96. The second-order valence-electron chi connectivity index (χ2n) is 3.00. The molecule has 0 aliphatic carbocycles. The van der Waals surface area contributed by atoms with Crippen LogP contribution in [0.4, 0.5) is 0 Å². The van der Waals surface area contributed by atoms with E-state index in [1.54, 1.807) is 12.5 Å². The van der Waals surface area contributed by atoms with Crippen LogP contribution in [-0.2, 0) is 6.54 Å². The van der Waals surface area contributed by atoms with Gasteiger partial charge in [-0.2, -0.15) is 0 Å². The second-order valence-corrected chi connectivity index (χ2v) is 3.00. The molecule has 0 bridgehead atoms. The Morgan fingerprint density at radius 1 is 1.58 bits per heavy atom. The van der Waals surface area contributed by atoms with E-state index in [-0.39, 0.29) is 6.10 Å². The fourth-order valence-corrected chi connectivity index (χ4v) is 1.13. The van der Waals surface area contributed by atoms with Crippen LogP contribution in [0.3, 0.4) is 0 Å². The zero-order valence-electron chi connectivity index (χ0n) is 7.48. The van der Waals surface area contributed by atoms with Crippen molar-refractivity contribution >= 4 is 0 Å². The van der Waals surface area contributed by atoms with E-state index in [2.05, 4.69) is 4.98 Å². The van der Waals surface area contributed by atoms with Crippen LogP contribution in [0, 0.1) is 0 Å². The minimum Gasteiger partial charge on any atom is -0.393 e. The molecule has 12 heavy (non-hydrogen) atoms. The molecule has 1 rings (SSSR count). The van der Waals surface area contributed by atoms with Crippen LogP contribution in [0.15, 0.2) is 18.7 Å². The summed E-state index contributed by atoms with van der Waals surface area (Å²) in [6.07, 6.45) is 8.14. The first kappa shape index (κ1) is 9.26. The van der Waals surface area contributed by atoms with E-state index in [4.69, 9.17) is 0 Å². The van der Waals surface area contributed by atoms with E-state index >= 15 is 0 Å². The monoisotopic (exact) mass is 168 g/mol. The largest absolute Gasteiger partial charge is 0.393 e. The van der Waals surface area contributed by atoms with Crippen molar-refractivity contribution in [2.75, 3.05) is 0 Å². The van der Waals surface area contributed by atoms with Gasteiger partial charge in [0, 0.05) is 18.9 Å². The van der Waals surface area contributed by atoms with Gasteiger partial charge in [0.25, 0.3) is 0 Å². The summed E-state index contributed by atoms with van der Waals surface area (Å²) in [5.41, 5.74) is 0. The third-order valence-corrected chi connectivity index (χ3v) is 1.98. The first-order valence-corrected chi connectivity index (χ1v) is 4.46. The number of hydrogen-bond donors (Lipinski definition) is 1. The molecule has 0 saturated heterocycles. The maximum atomic E-state index is 9.26. The minimum absolute atomic E-state index is 0.131. The van der Waals surface area contributed by atoms with Crippen molar-refractivity contribution in [3.05, 3.63) is 18.7 Å². The lowest BCUT2D eigenvalue weighted by Crippen LogP contribution is -2.06. The van der Waals surface area contributed by atoms with Crippen molar-refractivity contribution in [2.24, 2.45) is 0 Å². The molecule has 3 nitrogen and oxygen atoms in total. The van der Waals surface area contributed by atoms with Gasteiger partial charge in [-0.3, -0.25) is 0 Å².